The number of ketones is 1. The highest BCUT2D eigenvalue weighted by Gasteiger charge is 2.17. The van der Waals surface area contributed by atoms with E-state index in [2.05, 4.69) is 4.74 Å². The summed E-state index contributed by atoms with van der Waals surface area (Å²) >= 11 is 0. The van der Waals surface area contributed by atoms with Crippen LogP contribution in [0.25, 0.3) is 0 Å². The van der Waals surface area contributed by atoms with Crippen molar-refractivity contribution in [3.8, 4) is 0 Å². The van der Waals surface area contributed by atoms with Crippen LogP contribution in [0, 0.1) is 0 Å². The lowest BCUT2D eigenvalue weighted by Crippen LogP contribution is -2.18. The maximum absolute atomic E-state index is 11.6. The van der Waals surface area contributed by atoms with Crippen molar-refractivity contribution < 1.29 is 14.3 Å². The molecule has 0 atom stereocenters. The van der Waals surface area contributed by atoms with Crippen molar-refractivity contribution in [2.75, 3.05) is 25.6 Å². The molecule has 0 amide bonds. The number of rotatable bonds is 4. The van der Waals surface area contributed by atoms with Gasteiger partial charge in [0.05, 0.1) is 6.61 Å². The van der Waals surface area contributed by atoms with Crippen LogP contribution in [0.5, 0.6) is 0 Å². The monoisotopic (exact) mass is 221 g/mol. The zero-order valence-corrected chi connectivity index (χ0v) is 9.69. The van der Waals surface area contributed by atoms with Gasteiger partial charge in [-0.1, -0.05) is 12.1 Å². The summed E-state index contributed by atoms with van der Waals surface area (Å²) in [4.78, 5) is 24.7. The van der Waals surface area contributed by atoms with E-state index in [1.807, 2.05) is 25.1 Å². The third-order valence-electron chi connectivity index (χ3n) is 2.09. The first kappa shape index (κ1) is 12.2. The zero-order valence-electron chi connectivity index (χ0n) is 9.69. The molecule has 1 aromatic rings. The highest BCUT2D eigenvalue weighted by Crippen LogP contribution is 2.14. The smallest absolute Gasteiger partial charge is 0.379 e. The van der Waals surface area contributed by atoms with Crippen LogP contribution >= 0.6 is 0 Å². The highest BCUT2D eigenvalue weighted by atomic mass is 16.5. The number of nitrogens with zero attached hydrogens (tertiary/aromatic N) is 1. The molecule has 0 aliphatic rings. The fourth-order valence-corrected chi connectivity index (χ4v) is 1.24. The van der Waals surface area contributed by atoms with Crippen molar-refractivity contribution in [3.63, 3.8) is 0 Å². The number of carbonyl (C=O) groups is 2. The predicted octanol–water partition coefficient (Wildman–Crippen LogP) is 1.50. The first-order valence-corrected chi connectivity index (χ1v) is 5.05. The van der Waals surface area contributed by atoms with E-state index in [9.17, 15) is 9.59 Å². The van der Waals surface area contributed by atoms with Gasteiger partial charge in [0.2, 0.25) is 0 Å². The van der Waals surface area contributed by atoms with Gasteiger partial charge in [0.25, 0.3) is 5.78 Å². The summed E-state index contributed by atoms with van der Waals surface area (Å²) < 4.78 is 4.66. The first-order valence-electron chi connectivity index (χ1n) is 5.05. The molecular formula is C12H15NO3. The van der Waals surface area contributed by atoms with Gasteiger partial charge in [-0.15, -0.1) is 0 Å². The Bertz CT molecular complexity index is 399. The van der Waals surface area contributed by atoms with Crippen LogP contribution in [0.2, 0.25) is 0 Å². The van der Waals surface area contributed by atoms with E-state index >= 15 is 0 Å². The van der Waals surface area contributed by atoms with Crippen LogP contribution in [-0.4, -0.2) is 32.5 Å². The average Bonchev–Trinajstić information content (AvgIpc) is 2.28. The lowest BCUT2D eigenvalue weighted by Gasteiger charge is -2.12. The second-order valence-corrected chi connectivity index (χ2v) is 3.49. The van der Waals surface area contributed by atoms with Gasteiger partial charge in [-0.05, 0) is 19.1 Å². The third-order valence-corrected chi connectivity index (χ3v) is 2.09. The molecule has 0 aromatic heterocycles. The Morgan fingerprint density at radius 3 is 2.56 bits per heavy atom. The van der Waals surface area contributed by atoms with Crippen LogP contribution in [0.15, 0.2) is 24.3 Å². The fraction of sp³-hybridized carbons (Fsp3) is 0.333. The van der Waals surface area contributed by atoms with Gasteiger partial charge in [-0.2, -0.15) is 0 Å². The highest BCUT2D eigenvalue weighted by molar-refractivity contribution is 6.40. The van der Waals surface area contributed by atoms with E-state index in [4.69, 9.17) is 0 Å². The van der Waals surface area contributed by atoms with Gasteiger partial charge in [-0.3, -0.25) is 4.79 Å². The molecule has 1 aromatic carbocycles. The number of benzene rings is 1. The van der Waals surface area contributed by atoms with Gasteiger partial charge in [-0.25, -0.2) is 4.79 Å². The Labute approximate surface area is 94.8 Å². The molecule has 0 N–H and O–H groups in total. The van der Waals surface area contributed by atoms with Crippen LogP contribution < -0.4 is 4.90 Å². The van der Waals surface area contributed by atoms with Gasteiger partial charge in [0.1, 0.15) is 0 Å². The van der Waals surface area contributed by atoms with Crippen LogP contribution in [0.3, 0.4) is 0 Å². The minimum atomic E-state index is -0.807. The van der Waals surface area contributed by atoms with Gasteiger partial charge < -0.3 is 9.64 Å². The molecule has 0 saturated carbocycles. The van der Waals surface area contributed by atoms with Crippen LogP contribution in [0.1, 0.15) is 17.3 Å². The molecule has 4 heteroatoms. The number of hydrogen-bond donors (Lipinski definition) is 0. The minimum Gasteiger partial charge on any atom is -0.460 e. The average molecular weight is 221 g/mol. The van der Waals surface area contributed by atoms with Crippen molar-refractivity contribution in [1.82, 2.24) is 0 Å². The lowest BCUT2D eigenvalue weighted by atomic mass is 10.1. The SMILES string of the molecule is CCOC(=O)C(=O)c1cccc(N(C)C)c1. The number of Topliss-reactive ketones (excluding diaryl/α,β-unsaturated/α-hetero) is 1. The van der Waals surface area contributed by atoms with E-state index in [0.717, 1.165) is 5.69 Å². The molecule has 0 aliphatic carbocycles. The molecule has 0 fully saturated rings. The summed E-state index contributed by atoms with van der Waals surface area (Å²) in [6, 6.07) is 6.87. The molecule has 0 aliphatic heterocycles. The van der Waals surface area contributed by atoms with E-state index in [-0.39, 0.29) is 6.61 Å². The quantitative estimate of drug-likeness (QED) is 0.439. The van der Waals surface area contributed by atoms with Crippen molar-refractivity contribution in [2.24, 2.45) is 0 Å². The second-order valence-electron chi connectivity index (χ2n) is 3.49. The molecular weight excluding hydrogens is 206 g/mol. The molecule has 86 valence electrons. The van der Waals surface area contributed by atoms with Crippen molar-refractivity contribution in [2.45, 2.75) is 6.92 Å². The van der Waals surface area contributed by atoms with Gasteiger partial charge in [0.15, 0.2) is 0 Å². The molecule has 0 heterocycles. The Balaban J connectivity index is 2.92. The van der Waals surface area contributed by atoms with E-state index in [1.54, 1.807) is 25.1 Å². The molecule has 0 spiro atoms. The topological polar surface area (TPSA) is 46.6 Å². The predicted molar refractivity (Wildman–Crippen MR) is 61.7 cm³/mol. The van der Waals surface area contributed by atoms with Gasteiger partial charge in [0, 0.05) is 25.3 Å². The maximum atomic E-state index is 11.6. The number of carbonyl (C=O) groups excluding carboxylic acids is 2. The third kappa shape index (κ3) is 2.82. The summed E-state index contributed by atoms with van der Waals surface area (Å²) in [6.45, 7) is 1.87. The molecule has 0 unspecified atom stereocenters. The van der Waals surface area contributed by atoms with Crippen molar-refractivity contribution in [3.05, 3.63) is 29.8 Å². The summed E-state index contributed by atoms with van der Waals surface area (Å²) in [5, 5.41) is 0. The van der Waals surface area contributed by atoms with E-state index < -0.39 is 11.8 Å². The zero-order chi connectivity index (χ0) is 12.1. The normalized spacial score (nSPS) is 9.69. The second kappa shape index (κ2) is 5.30. The van der Waals surface area contributed by atoms with Crippen LogP contribution in [-0.2, 0) is 9.53 Å². The summed E-state index contributed by atoms with van der Waals surface area (Å²) in [5.74, 6) is -1.41. The van der Waals surface area contributed by atoms with Crippen LogP contribution in [0.4, 0.5) is 5.69 Å². The first-order chi connectivity index (χ1) is 7.56. The summed E-state index contributed by atoms with van der Waals surface area (Å²) in [7, 11) is 3.74. The Morgan fingerprint density at radius 2 is 2.00 bits per heavy atom. The van der Waals surface area contributed by atoms with E-state index in [0.29, 0.717) is 5.56 Å². The number of ether oxygens (including phenoxy) is 1. The lowest BCUT2D eigenvalue weighted by molar-refractivity contribution is -0.137. The summed E-state index contributed by atoms with van der Waals surface area (Å²) in [6.07, 6.45) is 0. The number of anilines is 1. The van der Waals surface area contributed by atoms with E-state index in [1.165, 1.54) is 0 Å². The Morgan fingerprint density at radius 1 is 1.31 bits per heavy atom. The molecule has 0 bridgehead atoms. The molecule has 1 rings (SSSR count). The molecule has 16 heavy (non-hydrogen) atoms. The molecule has 0 saturated heterocycles. The minimum absolute atomic E-state index is 0.206. The number of esters is 1. The largest absolute Gasteiger partial charge is 0.460 e. The molecule has 4 nitrogen and oxygen atoms in total. The number of hydrogen-bond acceptors (Lipinski definition) is 4. The van der Waals surface area contributed by atoms with Crippen molar-refractivity contribution >= 4 is 17.4 Å². The Hall–Kier alpha value is -1.84. The fourth-order valence-electron chi connectivity index (χ4n) is 1.24. The van der Waals surface area contributed by atoms with Crippen molar-refractivity contribution in [1.29, 1.82) is 0 Å². The molecule has 0 radical (unpaired) electrons. The Kier molecular flexibility index (Phi) is 4.05. The van der Waals surface area contributed by atoms with Gasteiger partial charge >= 0.3 is 5.97 Å². The maximum Gasteiger partial charge on any atom is 0.379 e. The standard InChI is InChI=1S/C12H15NO3/c1-4-16-12(15)11(14)9-6-5-7-10(8-9)13(2)3/h5-8H,4H2,1-3H3. The summed E-state index contributed by atoms with van der Waals surface area (Å²) in [5.41, 5.74) is 1.22.